The van der Waals surface area contributed by atoms with E-state index in [1.54, 1.807) is 0 Å². The maximum absolute atomic E-state index is 2.39. The van der Waals surface area contributed by atoms with E-state index in [4.69, 9.17) is 0 Å². The summed E-state index contributed by atoms with van der Waals surface area (Å²) in [5.74, 6) is 0. The smallest absolute Gasteiger partial charge is 0.0468 e. The van der Waals surface area contributed by atoms with Crippen LogP contribution in [0.15, 0.2) is 218 Å². The normalized spacial score (nSPS) is 11.2. The summed E-state index contributed by atoms with van der Waals surface area (Å²) in [6.07, 6.45) is 0. The molecule has 10 aromatic rings. The van der Waals surface area contributed by atoms with E-state index in [2.05, 4.69) is 254 Å². The highest BCUT2D eigenvalue weighted by molar-refractivity contribution is 6.27. The van der Waals surface area contributed by atoms with E-state index < -0.39 is 0 Å². The van der Waals surface area contributed by atoms with Crippen molar-refractivity contribution >= 4 is 83.5 Å². The van der Waals surface area contributed by atoms with Gasteiger partial charge >= 0.3 is 0 Å². The standard InChI is InChI=1S/C57H45N3/c1-40-19-25-46(26-20-40)58(43-13-7-4-8-14-43)49-31-34-52-55(37-49)53-35-32-50(59(44-15-9-5-10-16-44)47-27-21-41(2)22-28-47)39-57(53)54-36-33-51(38-56(52)54)60(45-17-11-6-12-18-45)48-29-23-42(3)24-30-48/h4-39H,1-3H3. The zero-order valence-corrected chi connectivity index (χ0v) is 34.1. The van der Waals surface area contributed by atoms with Crippen molar-refractivity contribution < 1.29 is 0 Å². The Morgan fingerprint density at radius 2 is 0.417 bits per heavy atom. The van der Waals surface area contributed by atoms with Gasteiger partial charge < -0.3 is 14.7 Å². The Morgan fingerprint density at radius 1 is 0.200 bits per heavy atom. The lowest BCUT2D eigenvalue weighted by atomic mass is 9.92. The molecule has 0 N–H and O–H groups in total. The molecule has 0 aliphatic carbocycles. The Morgan fingerprint density at radius 3 is 0.667 bits per heavy atom. The lowest BCUT2D eigenvalue weighted by Gasteiger charge is -2.28. The summed E-state index contributed by atoms with van der Waals surface area (Å²) in [5.41, 5.74) is 13.7. The molecule has 0 bridgehead atoms. The highest BCUT2D eigenvalue weighted by Crippen LogP contribution is 2.45. The SMILES string of the molecule is Cc1ccc(N(c2ccccc2)c2ccc3c(c2)c2ccc(N(c4ccccc4)c4ccc(C)cc4)cc2c2ccc(N(c4ccccc4)c4ccc(C)cc4)cc32)cc1. The first-order chi connectivity index (χ1) is 29.5. The molecule has 0 aliphatic rings. The molecule has 0 atom stereocenters. The maximum Gasteiger partial charge on any atom is 0.0468 e. The van der Waals surface area contributed by atoms with Crippen molar-refractivity contribution in [2.24, 2.45) is 0 Å². The molecule has 0 aliphatic heterocycles. The highest BCUT2D eigenvalue weighted by Gasteiger charge is 2.20. The minimum atomic E-state index is 1.11. The van der Waals surface area contributed by atoms with Crippen LogP contribution in [0.25, 0.3) is 32.3 Å². The minimum Gasteiger partial charge on any atom is -0.310 e. The second kappa shape index (κ2) is 15.6. The van der Waals surface area contributed by atoms with E-state index in [1.807, 2.05) is 0 Å². The van der Waals surface area contributed by atoms with Crippen LogP contribution in [0.1, 0.15) is 16.7 Å². The lowest BCUT2D eigenvalue weighted by molar-refractivity contribution is 1.28. The lowest BCUT2D eigenvalue weighted by Crippen LogP contribution is -2.10. The topological polar surface area (TPSA) is 9.72 Å². The molecule has 0 aromatic heterocycles. The second-order valence-electron chi connectivity index (χ2n) is 15.7. The molecular weight excluding hydrogens is 727 g/mol. The van der Waals surface area contributed by atoms with Gasteiger partial charge in [0.15, 0.2) is 0 Å². The van der Waals surface area contributed by atoms with Gasteiger partial charge in [0, 0.05) is 51.2 Å². The summed E-state index contributed by atoms with van der Waals surface area (Å²) < 4.78 is 0. The van der Waals surface area contributed by atoms with Gasteiger partial charge in [0.1, 0.15) is 0 Å². The summed E-state index contributed by atoms with van der Waals surface area (Å²) in [6, 6.07) is 79.5. The van der Waals surface area contributed by atoms with Crippen LogP contribution in [0.2, 0.25) is 0 Å². The van der Waals surface area contributed by atoms with Crippen molar-refractivity contribution in [3.63, 3.8) is 0 Å². The van der Waals surface area contributed by atoms with Crippen LogP contribution in [0.4, 0.5) is 51.2 Å². The van der Waals surface area contributed by atoms with E-state index in [9.17, 15) is 0 Å². The first-order valence-electron chi connectivity index (χ1n) is 20.7. The molecule has 3 nitrogen and oxygen atoms in total. The Labute approximate surface area is 352 Å². The van der Waals surface area contributed by atoms with E-state index in [0.717, 1.165) is 51.2 Å². The largest absolute Gasteiger partial charge is 0.310 e. The molecule has 0 spiro atoms. The zero-order chi connectivity index (χ0) is 40.6. The molecule has 0 heterocycles. The Balaban J connectivity index is 1.25. The van der Waals surface area contributed by atoms with Gasteiger partial charge in [-0.3, -0.25) is 0 Å². The third-order valence-corrected chi connectivity index (χ3v) is 11.6. The monoisotopic (exact) mass is 771 g/mol. The number of hydrogen-bond acceptors (Lipinski definition) is 3. The van der Waals surface area contributed by atoms with Crippen LogP contribution in [0.5, 0.6) is 0 Å². The molecule has 288 valence electrons. The average Bonchev–Trinajstić information content (AvgIpc) is 3.30. The molecule has 0 saturated heterocycles. The molecule has 3 heteroatoms. The highest BCUT2D eigenvalue weighted by atomic mass is 15.2. The Kier molecular flexibility index (Phi) is 9.55. The van der Waals surface area contributed by atoms with Crippen LogP contribution in [-0.2, 0) is 0 Å². The number of fused-ring (bicyclic) bond motifs is 6. The number of benzene rings is 10. The van der Waals surface area contributed by atoms with Gasteiger partial charge in [0.2, 0.25) is 0 Å². The summed E-state index contributed by atoms with van der Waals surface area (Å²) >= 11 is 0. The average molecular weight is 772 g/mol. The van der Waals surface area contributed by atoms with Gasteiger partial charge in [0.25, 0.3) is 0 Å². The summed E-state index contributed by atoms with van der Waals surface area (Å²) in [7, 11) is 0. The van der Waals surface area contributed by atoms with Gasteiger partial charge in [-0.15, -0.1) is 0 Å². The number of hydrogen-bond donors (Lipinski definition) is 0. The summed E-state index contributed by atoms with van der Waals surface area (Å²) in [4.78, 5) is 7.09. The van der Waals surface area contributed by atoms with E-state index in [1.165, 1.54) is 49.0 Å². The molecule has 60 heavy (non-hydrogen) atoms. The first kappa shape index (κ1) is 36.7. The predicted octanol–water partition coefficient (Wildman–Crippen LogP) is 16.5. The van der Waals surface area contributed by atoms with Crippen LogP contribution < -0.4 is 14.7 Å². The molecular formula is C57H45N3. The molecule has 0 fully saturated rings. The van der Waals surface area contributed by atoms with Gasteiger partial charge in [0.05, 0.1) is 0 Å². The number of aryl methyl sites for hydroxylation is 3. The van der Waals surface area contributed by atoms with Crippen molar-refractivity contribution in [2.45, 2.75) is 20.8 Å². The molecule has 10 rings (SSSR count). The number of nitrogens with zero attached hydrogens (tertiary/aromatic N) is 3. The minimum absolute atomic E-state index is 1.11. The fourth-order valence-electron chi connectivity index (χ4n) is 8.54. The molecule has 0 radical (unpaired) electrons. The summed E-state index contributed by atoms with van der Waals surface area (Å²) in [5, 5.41) is 7.24. The van der Waals surface area contributed by atoms with Gasteiger partial charge in [-0.05, 0) is 162 Å². The molecule has 0 saturated carbocycles. The summed E-state index contributed by atoms with van der Waals surface area (Å²) in [6.45, 7) is 6.42. The van der Waals surface area contributed by atoms with Gasteiger partial charge in [-0.25, -0.2) is 0 Å². The Bertz CT molecular complexity index is 2720. The molecule has 0 amide bonds. The van der Waals surface area contributed by atoms with E-state index in [0.29, 0.717) is 0 Å². The van der Waals surface area contributed by atoms with Crippen molar-refractivity contribution in [2.75, 3.05) is 14.7 Å². The van der Waals surface area contributed by atoms with Gasteiger partial charge in [-0.1, -0.05) is 126 Å². The first-order valence-corrected chi connectivity index (χ1v) is 20.7. The van der Waals surface area contributed by atoms with E-state index >= 15 is 0 Å². The van der Waals surface area contributed by atoms with Crippen molar-refractivity contribution in [3.8, 4) is 0 Å². The number of anilines is 9. The van der Waals surface area contributed by atoms with Crippen LogP contribution in [0.3, 0.4) is 0 Å². The van der Waals surface area contributed by atoms with Crippen LogP contribution >= 0.6 is 0 Å². The number of para-hydroxylation sites is 3. The molecule has 10 aromatic carbocycles. The second-order valence-corrected chi connectivity index (χ2v) is 15.7. The predicted molar refractivity (Wildman–Crippen MR) is 257 cm³/mol. The van der Waals surface area contributed by atoms with Crippen molar-refractivity contribution in [1.29, 1.82) is 0 Å². The quantitative estimate of drug-likeness (QED) is 0.135. The van der Waals surface area contributed by atoms with Crippen LogP contribution in [-0.4, -0.2) is 0 Å². The third kappa shape index (κ3) is 6.91. The molecule has 0 unspecified atom stereocenters. The van der Waals surface area contributed by atoms with Gasteiger partial charge in [-0.2, -0.15) is 0 Å². The van der Waals surface area contributed by atoms with Crippen molar-refractivity contribution in [3.05, 3.63) is 235 Å². The fraction of sp³-hybridized carbons (Fsp3) is 0.0526. The van der Waals surface area contributed by atoms with Crippen molar-refractivity contribution in [1.82, 2.24) is 0 Å². The maximum atomic E-state index is 2.39. The van der Waals surface area contributed by atoms with Crippen LogP contribution in [0, 0.1) is 20.8 Å². The Hall–Kier alpha value is -7.62. The zero-order valence-electron chi connectivity index (χ0n) is 34.1. The third-order valence-electron chi connectivity index (χ3n) is 11.6. The number of rotatable bonds is 9. The fourth-order valence-corrected chi connectivity index (χ4v) is 8.54. The van der Waals surface area contributed by atoms with E-state index in [-0.39, 0.29) is 0 Å².